The lowest BCUT2D eigenvalue weighted by atomic mass is 10.1. The summed E-state index contributed by atoms with van der Waals surface area (Å²) in [6, 6.07) is 16.7. The van der Waals surface area contributed by atoms with Gasteiger partial charge in [-0.2, -0.15) is 5.10 Å². The van der Waals surface area contributed by atoms with Gasteiger partial charge in [-0.05, 0) is 31.2 Å². The maximum atomic E-state index is 11.5. The Bertz CT molecular complexity index is 859. The number of carboxylic acids is 1. The molecule has 3 rings (SSSR count). The number of hydrogen-bond donors (Lipinski definition) is 2. The molecule has 0 spiro atoms. The van der Waals surface area contributed by atoms with E-state index >= 15 is 0 Å². The summed E-state index contributed by atoms with van der Waals surface area (Å²) in [5.74, 6) is 0.312. The van der Waals surface area contributed by atoms with Crippen LogP contribution in [0.2, 0.25) is 0 Å². The van der Waals surface area contributed by atoms with Gasteiger partial charge >= 0.3 is 5.97 Å². The Kier molecular flexibility index (Phi) is 4.99. The molecule has 2 aromatic carbocycles. The highest BCUT2D eigenvalue weighted by molar-refractivity contribution is 5.96. The van der Waals surface area contributed by atoms with Crippen LogP contribution in [-0.4, -0.2) is 34.5 Å². The highest BCUT2D eigenvalue weighted by atomic mass is 16.5. The highest BCUT2D eigenvalue weighted by Gasteiger charge is 2.21. The van der Waals surface area contributed by atoms with Crippen LogP contribution < -0.4 is 9.47 Å². The first kappa shape index (κ1) is 16.6. The zero-order valence-corrected chi connectivity index (χ0v) is 13.7. The summed E-state index contributed by atoms with van der Waals surface area (Å²) in [5.41, 5.74) is 1.65. The molecule has 0 radical (unpaired) electrons. The second kappa shape index (κ2) is 7.53. The van der Waals surface area contributed by atoms with Gasteiger partial charge in [0.2, 0.25) is 0 Å². The maximum Gasteiger partial charge on any atom is 0.339 e. The summed E-state index contributed by atoms with van der Waals surface area (Å²) in [6.07, 6.45) is 0. The van der Waals surface area contributed by atoms with Gasteiger partial charge in [-0.1, -0.05) is 30.3 Å². The Labute approximate surface area is 145 Å². The lowest BCUT2D eigenvalue weighted by molar-refractivity contribution is 0.0697. The molecule has 0 aliphatic carbocycles. The van der Waals surface area contributed by atoms with Gasteiger partial charge in [0.15, 0.2) is 0 Å². The average molecular weight is 338 g/mol. The molecule has 6 heteroatoms. The molecular formula is C19H18N2O4. The fourth-order valence-corrected chi connectivity index (χ4v) is 2.50. The van der Waals surface area contributed by atoms with Gasteiger partial charge < -0.3 is 14.6 Å². The number of para-hydroxylation sites is 2. The van der Waals surface area contributed by atoms with Crippen molar-refractivity contribution in [1.29, 1.82) is 0 Å². The Hall–Kier alpha value is -3.28. The molecule has 1 heterocycles. The molecule has 0 saturated heterocycles. The first-order valence-electron chi connectivity index (χ1n) is 7.85. The average Bonchev–Trinajstić information content (AvgIpc) is 3.01. The maximum absolute atomic E-state index is 11.5. The van der Waals surface area contributed by atoms with Gasteiger partial charge in [-0.3, -0.25) is 5.10 Å². The molecule has 0 aliphatic heterocycles. The van der Waals surface area contributed by atoms with Crippen LogP contribution in [0.1, 0.15) is 16.1 Å². The van der Waals surface area contributed by atoms with E-state index in [0.29, 0.717) is 35.9 Å². The molecule has 128 valence electrons. The third-order valence-corrected chi connectivity index (χ3v) is 3.66. The van der Waals surface area contributed by atoms with E-state index < -0.39 is 5.97 Å². The van der Waals surface area contributed by atoms with Crippen molar-refractivity contribution < 1.29 is 19.4 Å². The summed E-state index contributed by atoms with van der Waals surface area (Å²) in [6.45, 7) is 2.39. The van der Waals surface area contributed by atoms with Crippen molar-refractivity contribution in [3.05, 3.63) is 65.9 Å². The predicted octanol–water partition coefficient (Wildman–Crippen LogP) is 3.54. The van der Waals surface area contributed by atoms with Gasteiger partial charge in [0.25, 0.3) is 0 Å². The highest BCUT2D eigenvalue weighted by Crippen LogP contribution is 2.32. The number of hydrogen-bond acceptors (Lipinski definition) is 4. The molecular weight excluding hydrogens is 320 g/mol. The Morgan fingerprint density at radius 2 is 1.72 bits per heavy atom. The summed E-state index contributed by atoms with van der Waals surface area (Å²) >= 11 is 0. The molecule has 0 amide bonds. The SMILES string of the molecule is Cc1[nH]nc(-c2ccccc2OCCOc2ccccc2)c1C(=O)O. The van der Waals surface area contributed by atoms with Crippen molar-refractivity contribution in [2.24, 2.45) is 0 Å². The molecule has 1 aromatic heterocycles. The topological polar surface area (TPSA) is 84.4 Å². The Balaban J connectivity index is 1.72. The van der Waals surface area contributed by atoms with Crippen LogP contribution in [0, 0.1) is 6.92 Å². The molecule has 2 N–H and O–H groups in total. The second-order valence-electron chi connectivity index (χ2n) is 5.38. The van der Waals surface area contributed by atoms with Gasteiger partial charge in [-0.25, -0.2) is 4.79 Å². The van der Waals surface area contributed by atoms with E-state index in [1.807, 2.05) is 42.5 Å². The van der Waals surface area contributed by atoms with E-state index in [1.165, 1.54) is 0 Å². The lowest BCUT2D eigenvalue weighted by Crippen LogP contribution is -2.09. The molecule has 0 atom stereocenters. The minimum Gasteiger partial charge on any atom is -0.490 e. The monoisotopic (exact) mass is 338 g/mol. The van der Waals surface area contributed by atoms with Crippen molar-refractivity contribution in [2.75, 3.05) is 13.2 Å². The number of aromatic carboxylic acids is 1. The van der Waals surface area contributed by atoms with Crippen LogP contribution in [0.4, 0.5) is 0 Å². The smallest absolute Gasteiger partial charge is 0.339 e. The normalized spacial score (nSPS) is 10.4. The van der Waals surface area contributed by atoms with E-state index in [0.717, 1.165) is 5.75 Å². The number of aryl methyl sites for hydroxylation is 1. The fourth-order valence-electron chi connectivity index (χ4n) is 2.50. The summed E-state index contributed by atoms with van der Waals surface area (Å²) in [7, 11) is 0. The number of carbonyl (C=O) groups is 1. The van der Waals surface area contributed by atoms with Gasteiger partial charge in [0.05, 0.1) is 0 Å². The first-order valence-corrected chi connectivity index (χ1v) is 7.85. The van der Waals surface area contributed by atoms with E-state index in [4.69, 9.17) is 9.47 Å². The number of H-pyrrole nitrogens is 1. The molecule has 25 heavy (non-hydrogen) atoms. The second-order valence-corrected chi connectivity index (χ2v) is 5.38. The van der Waals surface area contributed by atoms with Crippen LogP contribution >= 0.6 is 0 Å². The molecule has 6 nitrogen and oxygen atoms in total. The van der Waals surface area contributed by atoms with Crippen molar-refractivity contribution in [2.45, 2.75) is 6.92 Å². The van der Waals surface area contributed by atoms with Crippen molar-refractivity contribution in [1.82, 2.24) is 10.2 Å². The van der Waals surface area contributed by atoms with Gasteiger partial charge in [0, 0.05) is 11.3 Å². The number of nitrogens with one attached hydrogen (secondary N) is 1. The summed E-state index contributed by atoms with van der Waals surface area (Å²) in [5, 5.41) is 16.3. The molecule has 0 unspecified atom stereocenters. The number of aromatic nitrogens is 2. The number of rotatable bonds is 7. The number of benzene rings is 2. The van der Waals surface area contributed by atoms with Crippen LogP contribution in [0.15, 0.2) is 54.6 Å². The van der Waals surface area contributed by atoms with Gasteiger partial charge in [0.1, 0.15) is 36.0 Å². The Morgan fingerprint density at radius 3 is 2.48 bits per heavy atom. The zero-order chi connectivity index (χ0) is 17.6. The third kappa shape index (κ3) is 3.80. The Morgan fingerprint density at radius 1 is 1.04 bits per heavy atom. The molecule has 3 aromatic rings. The number of ether oxygens (including phenoxy) is 2. The van der Waals surface area contributed by atoms with Crippen LogP contribution in [0.25, 0.3) is 11.3 Å². The molecule has 0 bridgehead atoms. The minimum atomic E-state index is -1.02. The number of aromatic amines is 1. The van der Waals surface area contributed by atoms with Crippen molar-refractivity contribution >= 4 is 5.97 Å². The quantitative estimate of drug-likeness (QED) is 0.644. The molecule has 0 fully saturated rings. The van der Waals surface area contributed by atoms with Crippen LogP contribution in [-0.2, 0) is 0 Å². The first-order chi connectivity index (χ1) is 12.2. The van der Waals surface area contributed by atoms with Crippen molar-refractivity contribution in [3.8, 4) is 22.8 Å². The molecule has 0 aliphatic rings. The predicted molar refractivity (Wildman–Crippen MR) is 93.2 cm³/mol. The number of carboxylic acid groups (broad SMARTS) is 1. The van der Waals surface area contributed by atoms with Crippen molar-refractivity contribution in [3.63, 3.8) is 0 Å². The van der Waals surface area contributed by atoms with E-state index in [2.05, 4.69) is 10.2 Å². The van der Waals surface area contributed by atoms with Crippen LogP contribution in [0.3, 0.4) is 0 Å². The van der Waals surface area contributed by atoms with E-state index in [-0.39, 0.29) is 5.56 Å². The van der Waals surface area contributed by atoms with Crippen LogP contribution in [0.5, 0.6) is 11.5 Å². The fraction of sp³-hybridized carbons (Fsp3) is 0.158. The number of nitrogens with zero attached hydrogens (tertiary/aromatic N) is 1. The molecule has 0 saturated carbocycles. The largest absolute Gasteiger partial charge is 0.490 e. The lowest BCUT2D eigenvalue weighted by Gasteiger charge is -2.11. The minimum absolute atomic E-state index is 0.150. The standard InChI is InChI=1S/C19H18N2O4/c1-13-17(19(22)23)18(21-20-13)15-9-5-6-10-16(15)25-12-11-24-14-7-3-2-4-8-14/h2-10H,11-12H2,1H3,(H,20,21)(H,22,23). The van der Waals surface area contributed by atoms with E-state index in [9.17, 15) is 9.90 Å². The summed E-state index contributed by atoms with van der Waals surface area (Å²) < 4.78 is 11.4. The zero-order valence-electron chi connectivity index (χ0n) is 13.7. The summed E-state index contributed by atoms with van der Waals surface area (Å²) in [4.78, 5) is 11.5. The van der Waals surface area contributed by atoms with E-state index in [1.54, 1.807) is 19.1 Å². The van der Waals surface area contributed by atoms with Gasteiger partial charge in [-0.15, -0.1) is 0 Å². The third-order valence-electron chi connectivity index (χ3n) is 3.66.